The van der Waals surface area contributed by atoms with E-state index in [1.165, 1.54) is 44.9 Å². The van der Waals surface area contributed by atoms with Crippen molar-refractivity contribution in [2.75, 3.05) is 39.8 Å². The van der Waals surface area contributed by atoms with Crippen LogP contribution in [0.15, 0.2) is 27.8 Å². The quantitative estimate of drug-likeness (QED) is 0.288. The minimum absolute atomic E-state index is 0. The Bertz CT molecular complexity index is 577. The van der Waals surface area contributed by atoms with Crippen LogP contribution in [0.5, 0.6) is 0 Å². The maximum atomic E-state index is 12.3. The molecule has 3 rings (SSSR count). The smallest absolute Gasteiger partial charge is 0.289 e. The Labute approximate surface area is 179 Å². The summed E-state index contributed by atoms with van der Waals surface area (Å²) in [7, 11) is 1.83. The van der Waals surface area contributed by atoms with Gasteiger partial charge in [0.2, 0.25) is 0 Å². The second kappa shape index (κ2) is 11.6. The first-order valence-electron chi connectivity index (χ1n) is 10.1. The molecular formula is C20H33IN4O2. The number of aliphatic imine (C=N–C) groups is 1. The van der Waals surface area contributed by atoms with Crippen LogP contribution in [0.25, 0.3) is 0 Å². The molecule has 152 valence electrons. The van der Waals surface area contributed by atoms with Gasteiger partial charge in [-0.25, -0.2) is 0 Å². The van der Waals surface area contributed by atoms with E-state index in [0.29, 0.717) is 18.8 Å². The van der Waals surface area contributed by atoms with Crippen molar-refractivity contribution >= 4 is 35.8 Å². The van der Waals surface area contributed by atoms with E-state index in [4.69, 9.17) is 4.42 Å². The lowest BCUT2D eigenvalue weighted by molar-refractivity contribution is 0.0657. The normalized spacial score (nSPS) is 18.5. The number of unbranched alkanes of at least 4 members (excludes halogenated alkanes) is 1. The van der Waals surface area contributed by atoms with Crippen LogP contribution in [0.2, 0.25) is 0 Å². The average Bonchev–Trinajstić information content (AvgIpc) is 3.38. The van der Waals surface area contributed by atoms with Gasteiger partial charge in [-0.1, -0.05) is 38.5 Å². The Morgan fingerprint density at radius 2 is 1.89 bits per heavy atom. The maximum absolute atomic E-state index is 12.3. The van der Waals surface area contributed by atoms with E-state index < -0.39 is 0 Å². The van der Waals surface area contributed by atoms with Crippen molar-refractivity contribution in [2.45, 2.75) is 44.9 Å². The first-order valence-corrected chi connectivity index (χ1v) is 10.1. The van der Waals surface area contributed by atoms with Gasteiger partial charge in [0.1, 0.15) is 0 Å². The lowest BCUT2D eigenvalue weighted by atomic mass is 10.0. The lowest BCUT2D eigenvalue weighted by Crippen LogP contribution is -2.53. The molecule has 0 unspecified atom stereocenters. The number of carbonyl (C=O) groups excluding carboxylic acids is 1. The summed E-state index contributed by atoms with van der Waals surface area (Å²) in [5.74, 6) is 2.33. The molecule has 2 aliphatic rings. The molecule has 2 fully saturated rings. The molecule has 0 spiro atoms. The molecule has 1 saturated heterocycles. The molecule has 0 radical (unpaired) electrons. The third kappa shape index (κ3) is 6.40. The van der Waals surface area contributed by atoms with Crippen LogP contribution in [0.4, 0.5) is 0 Å². The highest BCUT2D eigenvalue weighted by Gasteiger charge is 2.25. The Morgan fingerprint density at radius 3 is 2.52 bits per heavy atom. The molecule has 6 nitrogen and oxygen atoms in total. The van der Waals surface area contributed by atoms with Gasteiger partial charge in [-0.15, -0.1) is 24.0 Å². The molecule has 0 bridgehead atoms. The van der Waals surface area contributed by atoms with Gasteiger partial charge in [0.05, 0.1) is 6.26 Å². The summed E-state index contributed by atoms with van der Waals surface area (Å²) in [6, 6.07) is 3.47. The average molecular weight is 488 g/mol. The molecule has 1 N–H and O–H groups in total. The molecule has 1 aliphatic heterocycles. The fourth-order valence-corrected chi connectivity index (χ4v) is 4.07. The summed E-state index contributed by atoms with van der Waals surface area (Å²) in [4.78, 5) is 20.8. The van der Waals surface area contributed by atoms with Gasteiger partial charge in [-0.3, -0.25) is 9.79 Å². The molecule has 2 heterocycles. The number of guanidine groups is 1. The number of hydrogen-bond acceptors (Lipinski definition) is 3. The van der Waals surface area contributed by atoms with Gasteiger partial charge in [0, 0.05) is 39.8 Å². The highest BCUT2D eigenvalue weighted by Crippen LogP contribution is 2.28. The number of amides is 1. The Morgan fingerprint density at radius 1 is 1.19 bits per heavy atom. The van der Waals surface area contributed by atoms with Crippen molar-refractivity contribution in [3.63, 3.8) is 0 Å². The zero-order valence-electron chi connectivity index (χ0n) is 16.4. The fourth-order valence-electron chi connectivity index (χ4n) is 4.07. The zero-order valence-corrected chi connectivity index (χ0v) is 18.7. The van der Waals surface area contributed by atoms with Gasteiger partial charge in [-0.05, 0) is 24.5 Å². The van der Waals surface area contributed by atoms with Gasteiger partial charge >= 0.3 is 0 Å². The summed E-state index contributed by atoms with van der Waals surface area (Å²) in [6.45, 7) is 3.97. The highest BCUT2D eigenvalue weighted by molar-refractivity contribution is 14.0. The van der Waals surface area contributed by atoms with E-state index in [0.717, 1.165) is 31.5 Å². The Kier molecular flexibility index (Phi) is 9.44. The Hall–Kier alpha value is -1.25. The van der Waals surface area contributed by atoms with Crippen LogP contribution in [0.3, 0.4) is 0 Å². The molecule has 1 saturated carbocycles. The minimum Gasteiger partial charge on any atom is -0.459 e. The molecule has 1 aromatic heterocycles. The number of hydrogen-bond donors (Lipinski definition) is 1. The van der Waals surface area contributed by atoms with E-state index in [1.54, 1.807) is 18.4 Å². The minimum atomic E-state index is -0.0236. The van der Waals surface area contributed by atoms with Crippen LogP contribution in [0, 0.1) is 5.92 Å². The van der Waals surface area contributed by atoms with Gasteiger partial charge in [0.25, 0.3) is 5.91 Å². The third-order valence-corrected chi connectivity index (χ3v) is 5.61. The number of halogens is 1. The Balaban J connectivity index is 0.00000261. The first kappa shape index (κ1) is 22.0. The monoisotopic (exact) mass is 488 g/mol. The number of carbonyl (C=O) groups is 1. The second-order valence-electron chi connectivity index (χ2n) is 7.38. The van der Waals surface area contributed by atoms with E-state index >= 15 is 0 Å². The van der Waals surface area contributed by atoms with E-state index in [1.807, 2.05) is 11.9 Å². The molecular weight excluding hydrogens is 455 g/mol. The van der Waals surface area contributed by atoms with E-state index in [-0.39, 0.29) is 29.9 Å². The lowest BCUT2D eigenvalue weighted by Gasteiger charge is -2.36. The third-order valence-electron chi connectivity index (χ3n) is 5.61. The number of furan rings is 1. The predicted octanol–water partition coefficient (Wildman–Crippen LogP) is 3.59. The second-order valence-corrected chi connectivity index (χ2v) is 7.38. The molecule has 0 aromatic carbocycles. The first-order chi connectivity index (χ1) is 12.8. The van der Waals surface area contributed by atoms with Crippen molar-refractivity contribution in [3.8, 4) is 0 Å². The molecule has 1 aromatic rings. The molecule has 27 heavy (non-hydrogen) atoms. The molecule has 1 aliphatic carbocycles. The largest absolute Gasteiger partial charge is 0.459 e. The zero-order chi connectivity index (χ0) is 18.2. The predicted molar refractivity (Wildman–Crippen MR) is 119 cm³/mol. The summed E-state index contributed by atoms with van der Waals surface area (Å²) in [5.41, 5.74) is 0. The van der Waals surface area contributed by atoms with Crippen molar-refractivity contribution in [1.29, 1.82) is 0 Å². The number of piperazine rings is 1. The van der Waals surface area contributed by atoms with Crippen molar-refractivity contribution in [2.24, 2.45) is 10.9 Å². The van der Waals surface area contributed by atoms with Gasteiger partial charge in [-0.2, -0.15) is 0 Å². The number of rotatable bonds is 6. The van der Waals surface area contributed by atoms with Gasteiger partial charge < -0.3 is 19.5 Å². The van der Waals surface area contributed by atoms with Crippen molar-refractivity contribution in [3.05, 3.63) is 24.2 Å². The fraction of sp³-hybridized carbons (Fsp3) is 0.700. The molecule has 7 heteroatoms. The number of nitrogens with one attached hydrogen (secondary N) is 1. The summed E-state index contributed by atoms with van der Waals surface area (Å²) in [6.07, 6.45) is 11.2. The summed E-state index contributed by atoms with van der Waals surface area (Å²) < 4.78 is 5.22. The van der Waals surface area contributed by atoms with Crippen LogP contribution in [0.1, 0.15) is 55.5 Å². The van der Waals surface area contributed by atoms with Crippen molar-refractivity contribution < 1.29 is 9.21 Å². The van der Waals surface area contributed by atoms with Crippen LogP contribution in [-0.2, 0) is 0 Å². The van der Waals surface area contributed by atoms with E-state index in [9.17, 15) is 4.79 Å². The van der Waals surface area contributed by atoms with E-state index in [2.05, 4.69) is 15.2 Å². The standard InChI is InChI=1S/C20H32N4O2.HI/c1-21-20(22-11-5-4-9-17-7-2-3-8-17)24-14-12-23(13-15-24)19(25)18-10-6-16-26-18;/h6,10,16-17H,2-5,7-9,11-15H2,1H3,(H,21,22);1H. The topological polar surface area (TPSA) is 61.1 Å². The van der Waals surface area contributed by atoms with Gasteiger partial charge in [0.15, 0.2) is 11.7 Å². The number of nitrogens with zero attached hydrogens (tertiary/aromatic N) is 3. The highest BCUT2D eigenvalue weighted by atomic mass is 127. The van der Waals surface area contributed by atoms with Crippen molar-refractivity contribution in [1.82, 2.24) is 15.1 Å². The molecule has 0 atom stereocenters. The maximum Gasteiger partial charge on any atom is 0.289 e. The van der Waals surface area contributed by atoms with Crippen LogP contribution < -0.4 is 5.32 Å². The molecule has 1 amide bonds. The van der Waals surface area contributed by atoms with Crippen LogP contribution in [-0.4, -0.2) is 61.4 Å². The van der Waals surface area contributed by atoms with Crippen LogP contribution >= 0.6 is 24.0 Å². The SMILES string of the molecule is CN=C(NCCCCC1CCCC1)N1CCN(C(=O)c2ccco2)CC1.I. The summed E-state index contributed by atoms with van der Waals surface area (Å²) >= 11 is 0. The summed E-state index contributed by atoms with van der Waals surface area (Å²) in [5, 5.41) is 3.49.